The van der Waals surface area contributed by atoms with Gasteiger partial charge in [0.25, 0.3) is 5.91 Å². The van der Waals surface area contributed by atoms with E-state index >= 15 is 0 Å². The molecule has 1 aromatic heterocycles. The Morgan fingerprint density at radius 1 is 1.11 bits per heavy atom. The Balaban J connectivity index is 1.33. The zero-order valence-electron chi connectivity index (χ0n) is 14.7. The summed E-state index contributed by atoms with van der Waals surface area (Å²) in [5, 5.41) is 3.73. The number of fused-ring (bicyclic) bond motifs is 2. The zero-order chi connectivity index (χ0) is 18.8. The van der Waals surface area contributed by atoms with Crippen molar-refractivity contribution in [3.63, 3.8) is 0 Å². The van der Waals surface area contributed by atoms with Crippen LogP contribution in [0.3, 0.4) is 0 Å². The fourth-order valence-corrected chi connectivity index (χ4v) is 3.05. The highest BCUT2D eigenvalue weighted by molar-refractivity contribution is 5.93. The molecule has 0 aliphatic carbocycles. The van der Waals surface area contributed by atoms with Crippen molar-refractivity contribution in [3.05, 3.63) is 54.2 Å². The molecule has 1 aliphatic heterocycles. The van der Waals surface area contributed by atoms with E-state index in [4.69, 9.17) is 14.2 Å². The molecule has 0 radical (unpaired) electrons. The van der Waals surface area contributed by atoms with Crippen LogP contribution in [0.1, 0.15) is 5.69 Å². The number of aryl methyl sites for hydroxylation is 1. The van der Waals surface area contributed by atoms with E-state index < -0.39 is 11.9 Å². The Kier molecular flexibility index (Phi) is 4.42. The van der Waals surface area contributed by atoms with E-state index in [0.29, 0.717) is 17.2 Å². The maximum absolute atomic E-state index is 12.2. The van der Waals surface area contributed by atoms with Crippen LogP contribution < -0.4 is 14.8 Å². The summed E-state index contributed by atoms with van der Waals surface area (Å²) >= 11 is 0. The number of anilines is 1. The van der Waals surface area contributed by atoms with Gasteiger partial charge in [0, 0.05) is 23.0 Å². The molecular weight excluding hydrogens is 348 g/mol. The average molecular weight is 366 g/mol. The van der Waals surface area contributed by atoms with Crippen molar-refractivity contribution in [1.82, 2.24) is 4.57 Å². The highest BCUT2D eigenvalue weighted by Crippen LogP contribution is 2.34. The lowest BCUT2D eigenvalue weighted by molar-refractivity contribution is -0.147. The Morgan fingerprint density at radius 3 is 2.81 bits per heavy atom. The minimum Gasteiger partial charge on any atom is -0.454 e. The molecule has 4 rings (SSSR count). The molecule has 27 heavy (non-hydrogen) atoms. The Hall–Kier alpha value is -3.48. The van der Waals surface area contributed by atoms with Crippen LogP contribution in [0.5, 0.6) is 11.5 Å². The lowest BCUT2D eigenvalue weighted by Crippen LogP contribution is -2.23. The second kappa shape index (κ2) is 7.03. The van der Waals surface area contributed by atoms with E-state index in [1.54, 1.807) is 18.2 Å². The second-order valence-corrected chi connectivity index (χ2v) is 6.21. The predicted molar refractivity (Wildman–Crippen MR) is 98.8 cm³/mol. The number of ether oxygens (including phenoxy) is 3. The number of para-hydroxylation sites is 1. The van der Waals surface area contributed by atoms with Gasteiger partial charge in [0.05, 0.1) is 0 Å². The number of nitrogens with zero attached hydrogens (tertiary/aromatic N) is 1. The first kappa shape index (κ1) is 17.0. The van der Waals surface area contributed by atoms with Crippen molar-refractivity contribution < 1.29 is 23.8 Å². The number of esters is 1. The molecule has 1 amide bonds. The summed E-state index contributed by atoms with van der Waals surface area (Å²) in [5.41, 5.74) is 2.46. The fraction of sp³-hybridized carbons (Fsp3) is 0.200. The van der Waals surface area contributed by atoms with Crippen molar-refractivity contribution in [1.29, 1.82) is 0 Å². The molecule has 7 nitrogen and oxygen atoms in total. The highest BCUT2D eigenvalue weighted by Gasteiger charge is 2.15. The summed E-state index contributed by atoms with van der Waals surface area (Å²) in [5.74, 6) is 0.310. The average Bonchev–Trinajstić information content (AvgIpc) is 3.24. The monoisotopic (exact) mass is 366 g/mol. The molecular formula is C20H18N2O5. The summed E-state index contributed by atoms with van der Waals surface area (Å²) < 4.78 is 17.5. The third kappa shape index (κ3) is 3.57. The molecule has 0 unspecified atom stereocenters. The van der Waals surface area contributed by atoms with E-state index in [-0.39, 0.29) is 19.9 Å². The van der Waals surface area contributed by atoms with Gasteiger partial charge in [-0.25, -0.2) is 0 Å². The number of rotatable bonds is 5. The molecule has 0 saturated heterocycles. The maximum atomic E-state index is 12.2. The number of aromatic nitrogens is 1. The SMILES string of the molecule is Cc1cc2ccccc2n1CC(=O)OCC(=O)Nc1ccc2c(c1)OCO2. The largest absolute Gasteiger partial charge is 0.454 e. The van der Waals surface area contributed by atoms with Gasteiger partial charge >= 0.3 is 5.97 Å². The molecule has 1 N–H and O–H groups in total. The van der Waals surface area contributed by atoms with Gasteiger partial charge in [0.1, 0.15) is 6.54 Å². The summed E-state index contributed by atoms with van der Waals surface area (Å²) in [6.07, 6.45) is 0. The van der Waals surface area contributed by atoms with Gasteiger partial charge < -0.3 is 24.1 Å². The van der Waals surface area contributed by atoms with Crippen molar-refractivity contribution >= 4 is 28.5 Å². The molecule has 1 aliphatic rings. The summed E-state index contributed by atoms with van der Waals surface area (Å²) in [6.45, 7) is 1.79. The molecule has 2 aromatic carbocycles. The van der Waals surface area contributed by atoms with Crippen molar-refractivity contribution in [2.24, 2.45) is 0 Å². The molecule has 0 saturated carbocycles. The maximum Gasteiger partial charge on any atom is 0.326 e. The van der Waals surface area contributed by atoms with Crippen LogP contribution in [0.25, 0.3) is 10.9 Å². The van der Waals surface area contributed by atoms with Crippen LogP contribution >= 0.6 is 0 Å². The van der Waals surface area contributed by atoms with Crippen molar-refractivity contribution in [3.8, 4) is 11.5 Å². The summed E-state index contributed by atoms with van der Waals surface area (Å²) in [7, 11) is 0. The number of hydrogen-bond donors (Lipinski definition) is 1. The van der Waals surface area contributed by atoms with Gasteiger partial charge in [-0.1, -0.05) is 18.2 Å². The third-order valence-electron chi connectivity index (χ3n) is 4.33. The molecule has 0 spiro atoms. The summed E-state index contributed by atoms with van der Waals surface area (Å²) in [6, 6.07) is 14.9. The van der Waals surface area contributed by atoms with Crippen LogP contribution in [0.15, 0.2) is 48.5 Å². The van der Waals surface area contributed by atoms with Crippen molar-refractivity contribution in [2.75, 3.05) is 18.7 Å². The Morgan fingerprint density at radius 2 is 1.93 bits per heavy atom. The second-order valence-electron chi connectivity index (χ2n) is 6.21. The first-order valence-electron chi connectivity index (χ1n) is 8.50. The highest BCUT2D eigenvalue weighted by atomic mass is 16.7. The van der Waals surface area contributed by atoms with Crippen LogP contribution in [-0.2, 0) is 20.9 Å². The molecule has 0 fully saturated rings. The zero-order valence-corrected chi connectivity index (χ0v) is 14.7. The predicted octanol–water partition coefficient (Wildman–Crippen LogP) is 2.86. The van der Waals surface area contributed by atoms with Crippen LogP contribution in [-0.4, -0.2) is 29.8 Å². The van der Waals surface area contributed by atoms with Crippen LogP contribution in [0.4, 0.5) is 5.69 Å². The molecule has 3 aromatic rings. The smallest absolute Gasteiger partial charge is 0.326 e. The Bertz CT molecular complexity index is 1020. The Labute approximate surface area is 155 Å². The minimum absolute atomic E-state index is 0.0522. The van der Waals surface area contributed by atoms with Crippen LogP contribution in [0.2, 0.25) is 0 Å². The van der Waals surface area contributed by atoms with Crippen LogP contribution in [0, 0.1) is 6.92 Å². The first-order chi connectivity index (χ1) is 13.1. The van der Waals surface area contributed by atoms with Crippen molar-refractivity contribution in [2.45, 2.75) is 13.5 Å². The number of carbonyl (C=O) groups excluding carboxylic acids is 2. The van der Waals surface area contributed by atoms with Gasteiger partial charge in [-0.3, -0.25) is 9.59 Å². The fourth-order valence-electron chi connectivity index (χ4n) is 3.05. The summed E-state index contributed by atoms with van der Waals surface area (Å²) in [4.78, 5) is 24.2. The van der Waals surface area contributed by atoms with E-state index in [2.05, 4.69) is 5.32 Å². The van der Waals surface area contributed by atoms with Gasteiger partial charge in [-0.05, 0) is 36.6 Å². The number of amides is 1. The topological polar surface area (TPSA) is 78.8 Å². The normalized spacial score (nSPS) is 12.2. The lowest BCUT2D eigenvalue weighted by Gasteiger charge is -2.09. The molecule has 0 atom stereocenters. The first-order valence-corrected chi connectivity index (χ1v) is 8.50. The third-order valence-corrected chi connectivity index (χ3v) is 4.33. The number of hydrogen-bond acceptors (Lipinski definition) is 5. The van der Waals surface area contributed by atoms with Gasteiger partial charge in [-0.15, -0.1) is 0 Å². The van der Waals surface area contributed by atoms with Gasteiger partial charge in [0.15, 0.2) is 18.1 Å². The lowest BCUT2D eigenvalue weighted by atomic mass is 10.2. The number of carbonyl (C=O) groups is 2. The minimum atomic E-state index is -0.472. The molecule has 2 heterocycles. The van der Waals surface area contributed by atoms with E-state index in [1.165, 1.54) is 0 Å². The van der Waals surface area contributed by atoms with E-state index in [1.807, 2.05) is 41.8 Å². The standard InChI is InChI=1S/C20H18N2O5/c1-13-8-14-4-2-3-5-16(14)22(13)10-20(24)25-11-19(23)21-15-6-7-17-18(9-15)27-12-26-17/h2-9H,10-12H2,1H3,(H,21,23). The molecule has 7 heteroatoms. The molecule has 138 valence electrons. The molecule has 0 bridgehead atoms. The number of nitrogens with one attached hydrogen (secondary N) is 1. The van der Waals surface area contributed by atoms with E-state index in [9.17, 15) is 9.59 Å². The van der Waals surface area contributed by atoms with Gasteiger partial charge in [0.2, 0.25) is 6.79 Å². The quantitative estimate of drug-likeness (QED) is 0.703. The number of benzene rings is 2. The van der Waals surface area contributed by atoms with Gasteiger partial charge in [-0.2, -0.15) is 0 Å². The van der Waals surface area contributed by atoms with E-state index in [0.717, 1.165) is 16.6 Å².